The summed E-state index contributed by atoms with van der Waals surface area (Å²) in [6.45, 7) is 1.74. The first-order chi connectivity index (χ1) is 11.5. The number of phenols is 1. The van der Waals surface area contributed by atoms with Gasteiger partial charge in [-0.25, -0.2) is 4.39 Å². The molecule has 2 aromatic carbocycles. The van der Waals surface area contributed by atoms with Crippen molar-refractivity contribution in [2.45, 2.75) is 13.3 Å². The minimum atomic E-state index is -0.224. The van der Waals surface area contributed by atoms with Crippen LogP contribution in [0.3, 0.4) is 0 Å². The van der Waals surface area contributed by atoms with Crippen LogP contribution >= 0.6 is 0 Å². The van der Waals surface area contributed by atoms with Gasteiger partial charge in [-0.2, -0.15) is 0 Å². The molecule has 24 heavy (non-hydrogen) atoms. The molecule has 0 radical (unpaired) electrons. The van der Waals surface area contributed by atoms with Crippen molar-refractivity contribution in [3.63, 3.8) is 0 Å². The van der Waals surface area contributed by atoms with Gasteiger partial charge in [-0.3, -0.25) is 4.57 Å². The van der Waals surface area contributed by atoms with Crippen LogP contribution < -0.4 is 4.90 Å². The first-order valence-corrected chi connectivity index (χ1v) is 7.62. The van der Waals surface area contributed by atoms with Gasteiger partial charge in [-0.1, -0.05) is 12.1 Å². The molecule has 0 amide bonds. The molecular weight excluding hydrogens is 307 g/mol. The van der Waals surface area contributed by atoms with Gasteiger partial charge in [0.15, 0.2) is 0 Å². The van der Waals surface area contributed by atoms with Gasteiger partial charge in [-0.05, 0) is 48.4 Å². The third-order valence-electron chi connectivity index (χ3n) is 4.07. The fourth-order valence-electron chi connectivity index (χ4n) is 2.55. The van der Waals surface area contributed by atoms with E-state index < -0.39 is 0 Å². The largest absolute Gasteiger partial charge is 0.508 e. The fraction of sp³-hybridized carbons (Fsp3) is 0.222. The maximum absolute atomic E-state index is 13.4. The number of hydrogen-bond donors (Lipinski definition) is 1. The minimum Gasteiger partial charge on any atom is -0.508 e. The standard InChI is InChI=1S/C18H19FN4O/c1-12-10-14(6-9-16(12)19)22(2)18-21-20-17(23(18)3)11-13-4-7-15(24)8-5-13/h4-10,24H,11H2,1-3H3. The minimum absolute atomic E-state index is 0.224. The Bertz CT molecular complexity index is 858. The highest BCUT2D eigenvalue weighted by Crippen LogP contribution is 2.24. The summed E-state index contributed by atoms with van der Waals surface area (Å²) in [6, 6.07) is 12.0. The number of nitrogens with zero attached hydrogens (tertiary/aromatic N) is 4. The van der Waals surface area contributed by atoms with Crippen LogP contribution in [0, 0.1) is 12.7 Å². The second-order valence-electron chi connectivity index (χ2n) is 5.81. The van der Waals surface area contributed by atoms with Crippen molar-refractivity contribution in [1.82, 2.24) is 14.8 Å². The van der Waals surface area contributed by atoms with Crippen molar-refractivity contribution in [2.75, 3.05) is 11.9 Å². The summed E-state index contributed by atoms with van der Waals surface area (Å²) in [7, 11) is 3.78. The average Bonchev–Trinajstić information content (AvgIpc) is 2.92. The molecule has 0 unspecified atom stereocenters. The normalized spacial score (nSPS) is 10.8. The number of aromatic hydroxyl groups is 1. The molecule has 0 saturated carbocycles. The van der Waals surface area contributed by atoms with Crippen LogP contribution in [0.25, 0.3) is 0 Å². The third kappa shape index (κ3) is 3.08. The number of rotatable bonds is 4. The van der Waals surface area contributed by atoms with E-state index in [9.17, 15) is 9.50 Å². The smallest absolute Gasteiger partial charge is 0.231 e. The van der Waals surface area contributed by atoms with Crippen molar-refractivity contribution in [2.24, 2.45) is 7.05 Å². The topological polar surface area (TPSA) is 54.2 Å². The fourth-order valence-corrected chi connectivity index (χ4v) is 2.55. The molecule has 124 valence electrons. The van der Waals surface area contributed by atoms with E-state index in [1.807, 2.05) is 35.7 Å². The maximum Gasteiger partial charge on any atom is 0.231 e. The molecule has 1 N–H and O–H groups in total. The Kier molecular flexibility index (Phi) is 4.20. The second kappa shape index (κ2) is 6.31. The summed E-state index contributed by atoms with van der Waals surface area (Å²) >= 11 is 0. The van der Waals surface area contributed by atoms with Gasteiger partial charge in [0.2, 0.25) is 5.95 Å². The third-order valence-corrected chi connectivity index (χ3v) is 4.07. The van der Waals surface area contributed by atoms with E-state index in [4.69, 9.17) is 0 Å². The van der Waals surface area contributed by atoms with Crippen LogP contribution in [0.15, 0.2) is 42.5 Å². The van der Waals surface area contributed by atoms with Gasteiger partial charge in [0.05, 0.1) is 0 Å². The molecule has 0 spiro atoms. The molecule has 0 saturated heterocycles. The van der Waals surface area contributed by atoms with Crippen molar-refractivity contribution in [3.8, 4) is 5.75 Å². The SMILES string of the molecule is Cc1cc(N(C)c2nnc(Cc3ccc(O)cc3)n2C)ccc1F. The first kappa shape index (κ1) is 16.0. The van der Waals surface area contributed by atoms with E-state index in [0.717, 1.165) is 17.1 Å². The number of halogens is 1. The number of aryl methyl sites for hydroxylation is 1. The predicted molar refractivity (Wildman–Crippen MR) is 91.1 cm³/mol. The van der Waals surface area contributed by atoms with Gasteiger partial charge >= 0.3 is 0 Å². The zero-order valence-electron chi connectivity index (χ0n) is 13.9. The van der Waals surface area contributed by atoms with Crippen LogP contribution in [0.2, 0.25) is 0 Å². The van der Waals surface area contributed by atoms with Crippen molar-refractivity contribution >= 4 is 11.6 Å². The lowest BCUT2D eigenvalue weighted by Gasteiger charge is -2.18. The van der Waals surface area contributed by atoms with Gasteiger partial charge < -0.3 is 10.0 Å². The van der Waals surface area contributed by atoms with Crippen molar-refractivity contribution in [1.29, 1.82) is 0 Å². The molecule has 0 fully saturated rings. The summed E-state index contributed by atoms with van der Waals surface area (Å²) in [4.78, 5) is 1.87. The lowest BCUT2D eigenvalue weighted by Crippen LogP contribution is -2.15. The maximum atomic E-state index is 13.4. The highest BCUT2D eigenvalue weighted by Gasteiger charge is 2.15. The number of anilines is 2. The highest BCUT2D eigenvalue weighted by atomic mass is 19.1. The monoisotopic (exact) mass is 326 g/mol. The van der Waals surface area contributed by atoms with E-state index in [1.54, 1.807) is 31.2 Å². The molecule has 3 aromatic rings. The molecule has 0 atom stereocenters. The number of phenolic OH excluding ortho intramolecular Hbond substituents is 1. The molecule has 0 aliphatic heterocycles. The quantitative estimate of drug-likeness (QED) is 0.799. The van der Waals surface area contributed by atoms with Crippen LogP contribution in [0.5, 0.6) is 5.75 Å². The highest BCUT2D eigenvalue weighted by molar-refractivity contribution is 5.57. The van der Waals surface area contributed by atoms with E-state index in [-0.39, 0.29) is 11.6 Å². The molecule has 5 nitrogen and oxygen atoms in total. The van der Waals surface area contributed by atoms with Gasteiger partial charge in [0.1, 0.15) is 17.4 Å². The summed E-state index contributed by atoms with van der Waals surface area (Å²) in [5, 5.41) is 17.9. The lowest BCUT2D eigenvalue weighted by atomic mass is 10.1. The number of aromatic nitrogens is 3. The van der Waals surface area contributed by atoms with E-state index >= 15 is 0 Å². The second-order valence-corrected chi connectivity index (χ2v) is 5.81. The molecule has 1 aromatic heterocycles. The summed E-state index contributed by atoms with van der Waals surface area (Å²) in [5.41, 5.74) is 2.47. The van der Waals surface area contributed by atoms with E-state index in [0.29, 0.717) is 17.9 Å². The molecule has 0 aliphatic carbocycles. The molecule has 3 rings (SSSR count). The zero-order chi connectivity index (χ0) is 17.3. The van der Waals surface area contributed by atoms with Crippen LogP contribution in [-0.4, -0.2) is 26.9 Å². The molecular formula is C18H19FN4O. The van der Waals surface area contributed by atoms with Crippen LogP contribution in [0.4, 0.5) is 16.0 Å². The summed E-state index contributed by atoms with van der Waals surface area (Å²) in [5.74, 6) is 1.50. The van der Waals surface area contributed by atoms with Crippen LogP contribution in [-0.2, 0) is 13.5 Å². The Balaban J connectivity index is 1.85. The summed E-state index contributed by atoms with van der Waals surface area (Å²) in [6.07, 6.45) is 0.611. The van der Waals surface area contributed by atoms with E-state index in [1.165, 1.54) is 6.07 Å². The van der Waals surface area contributed by atoms with Crippen LogP contribution in [0.1, 0.15) is 17.0 Å². The van der Waals surface area contributed by atoms with Gasteiger partial charge in [0.25, 0.3) is 0 Å². The Morgan fingerprint density at radius 2 is 1.83 bits per heavy atom. The molecule has 0 aliphatic rings. The van der Waals surface area contributed by atoms with E-state index in [2.05, 4.69) is 10.2 Å². The lowest BCUT2D eigenvalue weighted by molar-refractivity contribution is 0.475. The van der Waals surface area contributed by atoms with Crippen molar-refractivity contribution < 1.29 is 9.50 Å². The Hall–Kier alpha value is -2.89. The summed E-state index contributed by atoms with van der Waals surface area (Å²) < 4.78 is 15.4. The first-order valence-electron chi connectivity index (χ1n) is 7.62. The molecule has 0 bridgehead atoms. The number of benzene rings is 2. The Labute approximate surface area is 140 Å². The average molecular weight is 326 g/mol. The predicted octanol–water partition coefficient (Wildman–Crippen LogP) is 3.33. The molecule has 6 heteroatoms. The zero-order valence-corrected chi connectivity index (χ0v) is 13.9. The van der Waals surface area contributed by atoms with Crippen molar-refractivity contribution in [3.05, 3.63) is 65.2 Å². The Morgan fingerprint density at radius 3 is 2.50 bits per heavy atom. The molecule has 1 heterocycles. The van der Waals surface area contributed by atoms with Gasteiger partial charge in [-0.15, -0.1) is 10.2 Å². The number of hydrogen-bond acceptors (Lipinski definition) is 4. The van der Waals surface area contributed by atoms with Gasteiger partial charge in [0, 0.05) is 26.2 Å². The Morgan fingerprint density at radius 1 is 1.12 bits per heavy atom.